The van der Waals surface area contributed by atoms with Crippen molar-refractivity contribution in [3.63, 3.8) is 0 Å². The smallest absolute Gasteiger partial charge is 0.334 e. The van der Waals surface area contributed by atoms with E-state index in [-0.39, 0.29) is 16.5 Å². The van der Waals surface area contributed by atoms with E-state index in [1.807, 2.05) is 45.0 Å². The number of aromatic nitrogens is 2. The maximum absolute atomic E-state index is 11.4. The molecule has 0 spiro atoms. The van der Waals surface area contributed by atoms with Crippen LogP contribution in [0, 0.1) is 17.0 Å². The SMILES string of the molecule is Cc1ccccc1CNc1c([N+](=O)[O-])c(C(C)C)nn1C. The summed E-state index contributed by atoms with van der Waals surface area (Å²) in [5.74, 6) is 0.456. The van der Waals surface area contributed by atoms with Gasteiger partial charge in [0.1, 0.15) is 5.69 Å². The molecular formula is C15H20N4O2. The quantitative estimate of drug-likeness (QED) is 0.676. The zero-order valence-corrected chi connectivity index (χ0v) is 12.8. The standard InChI is InChI=1S/C15H20N4O2/c1-10(2)13-14(19(20)21)15(18(4)17-13)16-9-12-8-6-5-7-11(12)3/h5-8,10,16H,9H2,1-4H3. The molecule has 0 saturated heterocycles. The third-order valence-corrected chi connectivity index (χ3v) is 3.49. The van der Waals surface area contributed by atoms with Crippen molar-refractivity contribution < 1.29 is 4.92 Å². The molecule has 1 aromatic carbocycles. The van der Waals surface area contributed by atoms with Gasteiger partial charge < -0.3 is 5.32 Å². The van der Waals surface area contributed by atoms with Crippen LogP contribution in [-0.4, -0.2) is 14.7 Å². The number of aryl methyl sites for hydroxylation is 2. The highest BCUT2D eigenvalue weighted by molar-refractivity contribution is 5.60. The van der Waals surface area contributed by atoms with Gasteiger partial charge in [0.05, 0.1) is 4.92 Å². The molecule has 2 aromatic rings. The number of rotatable bonds is 5. The molecule has 0 radical (unpaired) electrons. The maximum Gasteiger partial charge on any atom is 0.334 e. The van der Waals surface area contributed by atoms with E-state index in [9.17, 15) is 10.1 Å². The minimum absolute atomic E-state index is 0.00520. The monoisotopic (exact) mass is 288 g/mol. The van der Waals surface area contributed by atoms with Crippen LogP contribution in [-0.2, 0) is 13.6 Å². The predicted molar refractivity (Wildman–Crippen MR) is 82.5 cm³/mol. The number of nitrogens with one attached hydrogen (secondary N) is 1. The third-order valence-electron chi connectivity index (χ3n) is 3.49. The van der Waals surface area contributed by atoms with Gasteiger partial charge in [0.2, 0.25) is 5.82 Å². The van der Waals surface area contributed by atoms with Crippen molar-refractivity contribution in [2.45, 2.75) is 33.2 Å². The van der Waals surface area contributed by atoms with Gasteiger partial charge in [-0.25, -0.2) is 4.68 Å². The van der Waals surface area contributed by atoms with Gasteiger partial charge in [-0.15, -0.1) is 0 Å². The first-order valence-corrected chi connectivity index (χ1v) is 6.91. The van der Waals surface area contributed by atoms with Gasteiger partial charge in [-0.3, -0.25) is 10.1 Å². The molecule has 1 heterocycles. The molecule has 0 aliphatic rings. The summed E-state index contributed by atoms with van der Waals surface area (Å²) < 4.78 is 1.55. The largest absolute Gasteiger partial charge is 0.360 e. The van der Waals surface area contributed by atoms with Crippen LogP contribution in [0.4, 0.5) is 11.5 Å². The molecular weight excluding hydrogens is 268 g/mol. The van der Waals surface area contributed by atoms with Crippen LogP contribution in [0.15, 0.2) is 24.3 Å². The van der Waals surface area contributed by atoms with Gasteiger partial charge in [-0.2, -0.15) is 5.10 Å². The topological polar surface area (TPSA) is 73.0 Å². The number of hydrogen-bond acceptors (Lipinski definition) is 4. The van der Waals surface area contributed by atoms with Crippen molar-refractivity contribution in [2.24, 2.45) is 7.05 Å². The highest BCUT2D eigenvalue weighted by Crippen LogP contribution is 2.33. The number of benzene rings is 1. The Morgan fingerprint density at radius 1 is 1.38 bits per heavy atom. The average molecular weight is 288 g/mol. The molecule has 0 aliphatic heterocycles. The molecule has 112 valence electrons. The summed E-state index contributed by atoms with van der Waals surface area (Å²) in [5.41, 5.74) is 2.84. The van der Waals surface area contributed by atoms with Crippen LogP contribution < -0.4 is 5.32 Å². The summed E-state index contributed by atoms with van der Waals surface area (Å²) in [5, 5.41) is 18.8. The van der Waals surface area contributed by atoms with E-state index in [4.69, 9.17) is 0 Å². The minimum Gasteiger partial charge on any atom is -0.360 e. The molecule has 1 N–H and O–H groups in total. The first-order chi connectivity index (χ1) is 9.91. The third kappa shape index (κ3) is 3.04. The van der Waals surface area contributed by atoms with Crippen molar-refractivity contribution in [2.75, 3.05) is 5.32 Å². The molecule has 0 bridgehead atoms. The number of nitro groups is 1. The molecule has 21 heavy (non-hydrogen) atoms. The number of anilines is 1. The highest BCUT2D eigenvalue weighted by Gasteiger charge is 2.28. The molecule has 6 heteroatoms. The van der Waals surface area contributed by atoms with Crippen molar-refractivity contribution in [1.82, 2.24) is 9.78 Å². The van der Waals surface area contributed by atoms with Crippen LogP contribution in [0.5, 0.6) is 0 Å². The summed E-state index contributed by atoms with van der Waals surface area (Å²) in [6.07, 6.45) is 0. The Kier molecular flexibility index (Phi) is 4.26. The molecule has 0 amide bonds. The Balaban J connectivity index is 2.32. The van der Waals surface area contributed by atoms with E-state index in [1.165, 1.54) is 0 Å². The Labute approximate surface area is 123 Å². The van der Waals surface area contributed by atoms with Gasteiger partial charge in [0, 0.05) is 19.5 Å². The van der Waals surface area contributed by atoms with Crippen LogP contribution in [0.1, 0.15) is 36.6 Å². The molecule has 1 aromatic heterocycles. The molecule has 2 rings (SSSR count). The fourth-order valence-electron chi connectivity index (χ4n) is 2.29. The Morgan fingerprint density at radius 3 is 2.62 bits per heavy atom. The molecule has 6 nitrogen and oxygen atoms in total. The Morgan fingerprint density at radius 2 is 2.05 bits per heavy atom. The highest BCUT2D eigenvalue weighted by atomic mass is 16.6. The summed E-state index contributed by atoms with van der Waals surface area (Å²) in [6, 6.07) is 7.96. The second-order valence-corrected chi connectivity index (χ2v) is 5.40. The van der Waals surface area contributed by atoms with E-state index < -0.39 is 0 Å². The predicted octanol–water partition coefficient (Wildman–Crippen LogP) is 3.37. The molecule has 0 unspecified atom stereocenters. The molecule has 0 atom stereocenters. The lowest BCUT2D eigenvalue weighted by molar-refractivity contribution is -0.384. The van der Waals surface area contributed by atoms with Gasteiger partial charge >= 0.3 is 5.69 Å². The van der Waals surface area contributed by atoms with Crippen molar-refractivity contribution in [3.8, 4) is 0 Å². The van der Waals surface area contributed by atoms with E-state index >= 15 is 0 Å². The second kappa shape index (κ2) is 5.95. The fraction of sp³-hybridized carbons (Fsp3) is 0.400. The summed E-state index contributed by atoms with van der Waals surface area (Å²) in [7, 11) is 1.72. The van der Waals surface area contributed by atoms with Gasteiger partial charge in [-0.05, 0) is 18.1 Å². The fourth-order valence-corrected chi connectivity index (χ4v) is 2.29. The zero-order valence-electron chi connectivity index (χ0n) is 12.8. The van der Waals surface area contributed by atoms with Crippen LogP contribution in [0.2, 0.25) is 0 Å². The Hall–Kier alpha value is -2.37. The van der Waals surface area contributed by atoms with Crippen molar-refractivity contribution in [3.05, 3.63) is 51.2 Å². The first-order valence-electron chi connectivity index (χ1n) is 6.91. The summed E-state index contributed by atoms with van der Waals surface area (Å²) in [6.45, 7) is 6.36. The zero-order chi connectivity index (χ0) is 15.6. The van der Waals surface area contributed by atoms with Crippen molar-refractivity contribution in [1.29, 1.82) is 0 Å². The van der Waals surface area contributed by atoms with E-state index in [0.717, 1.165) is 11.1 Å². The summed E-state index contributed by atoms with van der Waals surface area (Å²) in [4.78, 5) is 11.0. The lowest BCUT2D eigenvalue weighted by Crippen LogP contribution is -2.07. The van der Waals surface area contributed by atoms with Gasteiger partial charge in [-0.1, -0.05) is 38.1 Å². The summed E-state index contributed by atoms with van der Waals surface area (Å²) >= 11 is 0. The molecule has 0 aliphatic carbocycles. The lowest BCUT2D eigenvalue weighted by atomic mass is 10.1. The van der Waals surface area contributed by atoms with Crippen molar-refractivity contribution >= 4 is 11.5 Å². The molecule has 0 fully saturated rings. The number of hydrogen-bond donors (Lipinski definition) is 1. The maximum atomic E-state index is 11.4. The lowest BCUT2D eigenvalue weighted by Gasteiger charge is -2.08. The van der Waals surface area contributed by atoms with E-state index in [0.29, 0.717) is 18.1 Å². The van der Waals surface area contributed by atoms with E-state index in [1.54, 1.807) is 11.7 Å². The van der Waals surface area contributed by atoms with Crippen LogP contribution in [0.25, 0.3) is 0 Å². The average Bonchev–Trinajstić information content (AvgIpc) is 2.75. The van der Waals surface area contributed by atoms with Gasteiger partial charge in [0.15, 0.2) is 0 Å². The van der Waals surface area contributed by atoms with E-state index in [2.05, 4.69) is 10.4 Å². The van der Waals surface area contributed by atoms with Crippen LogP contribution >= 0.6 is 0 Å². The van der Waals surface area contributed by atoms with Crippen LogP contribution in [0.3, 0.4) is 0 Å². The molecule has 0 saturated carbocycles. The second-order valence-electron chi connectivity index (χ2n) is 5.40. The first kappa shape index (κ1) is 15.0. The normalized spacial score (nSPS) is 10.9. The van der Waals surface area contributed by atoms with Gasteiger partial charge in [0.25, 0.3) is 0 Å². The Bertz CT molecular complexity index is 662. The minimum atomic E-state index is -0.359. The number of nitrogens with zero attached hydrogens (tertiary/aromatic N) is 3.